The minimum Gasteiger partial charge on any atom is -0.377 e. The average molecular weight is 426 g/mol. The maximum absolute atomic E-state index is 13.4. The highest BCUT2D eigenvalue weighted by molar-refractivity contribution is 5.95. The van der Waals surface area contributed by atoms with Crippen molar-refractivity contribution in [1.82, 2.24) is 4.90 Å². The van der Waals surface area contributed by atoms with E-state index < -0.39 is 0 Å². The van der Waals surface area contributed by atoms with Crippen molar-refractivity contribution in [2.75, 3.05) is 24.3 Å². The largest absolute Gasteiger partial charge is 0.377 e. The number of anilines is 2. The number of halogens is 1. The lowest BCUT2D eigenvalue weighted by Crippen LogP contribution is -2.41. The molecule has 1 unspecified atom stereocenters. The van der Waals surface area contributed by atoms with Gasteiger partial charge in [-0.25, -0.2) is 4.39 Å². The van der Waals surface area contributed by atoms with Gasteiger partial charge in [0.25, 0.3) is 5.91 Å². The molecule has 1 aliphatic rings. The zero-order valence-corrected chi connectivity index (χ0v) is 19.0. The second-order valence-electron chi connectivity index (χ2n) is 8.93. The molecule has 0 radical (unpaired) electrons. The number of benzene rings is 2. The van der Waals surface area contributed by atoms with Crippen molar-refractivity contribution in [2.45, 2.75) is 46.2 Å². The second kappa shape index (κ2) is 9.50. The molecule has 1 atom stereocenters. The van der Waals surface area contributed by atoms with Crippen LogP contribution in [0.15, 0.2) is 42.5 Å². The molecule has 3 rings (SSSR count). The van der Waals surface area contributed by atoms with E-state index in [1.807, 2.05) is 49.0 Å². The summed E-state index contributed by atoms with van der Waals surface area (Å²) in [5, 5.41) is 3.00. The van der Waals surface area contributed by atoms with Gasteiger partial charge in [-0.1, -0.05) is 13.8 Å². The highest BCUT2D eigenvalue weighted by Gasteiger charge is 2.30. The lowest BCUT2D eigenvalue weighted by atomic mass is 10.0. The molecule has 2 amide bonds. The summed E-state index contributed by atoms with van der Waals surface area (Å²) in [5.41, 5.74) is 3.13. The fourth-order valence-corrected chi connectivity index (χ4v) is 3.52. The van der Waals surface area contributed by atoms with Crippen LogP contribution in [0.5, 0.6) is 0 Å². The summed E-state index contributed by atoms with van der Waals surface area (Å²) in [6.07, 6.45) is 1.89. The number of rotatable bonds is 8. The van der Waals surface area contributed by atoms with Crippen LogP contribution in [0.1, 0.15) is 49.5 Å². The van der Waals surface area contributed by atoms with Crippen molar-refractivity contribution >= 4 is 23.2 Å². The third-order valence-electron chi connectivity index (χ3n) is 5.93. The minimum atomic E-state index is -0.367. The summed E-state index contributed by atoms with van der Waals surface area (Å²) in [4.78, 5) is 29.4. The zero-order valence-electron chi connectivity index (χ0n) is 19.0. The van der Waals surface area contributed by atoms with Crippen molar-refractivity contribution in [2.24, 2.45) is 11.8 Å². The molecule has 31 heavy (non-hydrogen) atoms. The van der Waals surface area contributed by atoms with Gasteiger partial charge in [-0.3, -0.25) is 9.59 Å². The van der Waals surface area contributed by atoms with Crippen LogP contribution in [0.4, 0.5) is 15.8 Å². The summed E-state index contributed by atoms with van der Waals surface area (Å²) >= 11 is 0. The van der Waals surface area contributed by atoms with Crippen LogP contribution >= 0.6 is 0 Å². The predicted molar refractivity (Wildman–Crippen MR) is 123 cm³/mol. The molecule has 1 saturated carbocycles. The van der Waals surface area contributed by atoms with Gasteiger partial charge in [-0.2, -0.15) is 0 Å². The first-order valence-corrected chi connectivity index (χ1v) is 10.8. The van der Waals surface area contributed by atoms with E-state index in [1.165, 1.54) is 24.3 Å². The summed E-state index contributed by atoms with van der Waals surface area (Å²) < 4.78 is 13.4. The molecule has 0 saturated heterocycles. The molecule has 166 valence electrons. The van der Waals surface area contributed by atoms with E-state index in [9.17, 15) is 14.0 Å². The van der Waals surface area contributed by atoms with Gasteiger partial charge in [0.1, 0.15) is 5.82 Å². The molecule has 0 aromatic heterocycles. The Bertz CT molecular complexity index is 936. The zero-order chi connectivity index (χ0) is 22.7. The van der Waals surface area contributed by atoms with Crippen molar-refractivity contribution in [1.29, 1.82) is 0 Å². The van der Waals surface area contributed by atoms with E-state index >= 15 is 0 Å². The first-order chi connectivity index (χ1) is 14.7. The molecule has 0 bridgehead atoms. The van der Waals surface area contributed by atoms with Gasteiger partial charge in [0.2, 0.25) is 5.91 Å². The SMILES string of the molecule is CC(C)C(C)N(Cc1cc(NC(=O)C2CC2)ccc1N(C)C)C(=O)c1ccc(F)cc1. The number of carbonyl (C=O) groups excluding carboxylic acids is 2. The van der Waals surface area contributed by atoms with Crippen molar-refractivity contribution in [3.63, 3.8) is 0 Å². The standard InChI is InChI=1S/C25H32FN3O2/c1-16(2)17(3)29(25(31)19-8-10-21(26)11-9-19)15-20-14-22(12-13-23(20)28(4)5)27-24(30)18-6-7-18/h8-14,16-18H,6-7,15H2,1-5H3,(H,27,30). The van der Waals surface area contributed by atoms with Crippen molar-refractivity contribution in [3.05, 3.63) is 59.4 Å². The van der Waals surface area contributed by atoms with E-state index in [0.29, 0.717) is 12.1 Å². The Labute approximate surface area is 184 Å². The topological polar surface area (TPSA) is 52.7 Å². The number of hydrogen-bond acceptors (Lipinski definition) is 3. The Hall–Kier alpha value is -2.89. The third-order valence-corrected chi connectivity index (χ3v) is 5.93. The van der Waals surface area contributed by atoms with Gasteiger partial charge in [-0.05, 0) is 73.7 Å². The van der Waals surface area contributed by atoms with E-state index in [2.05, 4.69) is 19.2 Å². The van der Waals surface area contributed by atoms with Gasteiger partial charge >= 0.3 is 0 Å². The van der Waals surface area contributed by atoms with Gasteiger partial charge in [0.15, 0.2) is 0 Å². The Kier molecular flexibility index (Phi) is 6.98. The third kappa shape index (κ3) is 5.63. The number of carbonyl (C=O) groups is 2. The molecule has 0 aliphatic heterocycles. The first-order valence-electron chi connectivity index (χ1n) is 10.8. The normalized spacial score (nSPS) is 14.3. The molecule has 1 N–H and O–H groups in total. The maximum atomic E-state index is 13.4. The van der Waals surface area contributed by atoms with Crippen LogP contribution in [0.25, 0.3) is 0 Å². The lowest BCUT2D eigenvalue weighted by Gasteiger charge is -2.33. The Morgan fingerprint density at radius 2 is 1.71 bits per heavy atom. The first kappa shape index (κ1) is 22.8. The average Bonchev–Trinajstić information content (AvgIpc) is 3.57. The Morgan fingerprint density at radius 3 is 2.26 bits per heavy atom. The van der Waals surface area contributed by atoms with Crippen LogP contribution in [-0.4, -0.2) is 36.9 Å². The highest BCUT2D eigenvalue weighted by Crippen LogP contribution is 2.32. The summed E-state index contributed by atoms with van der Waals surface area (Å²) in [7, 11) is 3.92. The fraction of sp³-hybridized carbons (Fsp3) is 0.440. The molecule has 1 fully saturated rings. The minimum absolute atomic E-state index is 0.0303. The fourth-order valence-electron chi connectivity index (χ4n) is 3.52. The van der Waals surface area contributed by atoms with Crippen LogP contribution < -0.4 is 10.2 Å². The smallest absolute Gasteiger partial charge is 0.254 e. The van der Waals surface area contributed by atoms with E-state index in [0.717, 1.165) is 29.8 Å². The molecular formula is C25H32FN3O2. The molecule has 5 nitrogen and oxygen atoms in total. The Morgan fingerprint density at radius 1 is 1.06 bits per heavy atom. The quantitative estimate of drug-likeness (QED) is 0.653. The predicted octanol–water partition coefficient (Wildman–Crippen LogP) is 4.93. The van der Waals surface area contributed by atoms with Gasteiger partial charge in [0, 0.05) is 49.5 Å². The monoisotopic (exact) mass is 425 g/mol. The summed E-state index contributed by atoms with van der Waals surface area (Å²) in [5.74, 6) is -0.0925. The molecule has 1 aliphatic carbocycles. The molecule has 0 heterocycles. The van der Waals surface area contributed by atoms with E-state index in [4.69, 9.17) is 0 Å². The van der Waals surface area contributed by atoms with Crippen LogP contribution in [-0.2, 0) is 11.3 Å². The number of nitrogens with one attached hydrogen (secondary N) is 1. The second-order valence-corrected chi connectivity index (χ2v) is 8.93. The van der Waals surface area contributed by atoms with Crippen molar-refractivity contribution in [3.8, 4) is 0 Å². The van der Waals surface area contributed by atoms with E-state index in [1.54, 1.807) is 0 Å². The molecule has 6 heteroatoms. The van der Waals surface area contributed by atoms with Gasteiger partial charge < -0.3 is 15.1 Å². The summed E-state index contributed by atoms with van der Waals surface area (Å²) in [6, 6.07) is 11.5. The van der Waals surface area contributed by atoms with Crippen molar-refractivity contribution < 1.29 is 14.0 Å². The molecule has 2 aromatic carbocycles. The van der Waals surface area contributed by atoms with Gasteiger partial charge in [0.05, 0.1) is 0 Å². The van der Waals surface area contributed by atoms with Crippen LogP contribution in [0.2, 0.25) is 0 Å². The van der Waals surface area contributed by atoms with E-state index in [-0.39, 0.29) is 35.5 Å². The number of nitrogens with zero attached hydrogens (tertiary/aromatic N) is 2. The lowest BCUT2D eigenvalue weighted by molar-refractivity contribution is -0.117. The van der Waals surface area contributed by atoms with Crippen LogP contribution in [0.3, 0.4) is 0 Å². The Balaban J connectivity index is 1.93. The maximum Gasteiger partial charge on any atom is 0.254 e. The molecule has 2 aromatic rings. The van der Waals surface area contributed by atoms with Gasteiger partial charge in [-0.15, -0.1) is 0 Å². The summed E-state index contributed by atoms with van der Waals surface area (Å²) in [6.45, 7) is 6.57. The number of hydrogen-bond donors (Lipinski definition) is 1. The molecular weight excluding hydrogens is 393 g/mol. The van der Waals surface area contributed by atoms with Crippen LogP contribution in [0, 0.1) is 17.7 Å². The number of amides is 2. The highest BCUT2D eigenvalue weighted by atomic mass is 19.1. The molecule has 0 spiro atoms.